The Kier molecular flexibility index (Phi) is 3.88. The summed E-state index contributed by atoms with van der Waals surface area (Å²) >= 11 is 5.87. The van der Waals surface area contributed by atoms with Gasteiger partial charge in [0, 0.05) is 11.1 Å². The maximum atomic E-state index is 6.31. The molecular weight excluding hydrogens is 218 g/mol. The third kappa shape index (κ3) is 2.78. The van der Waals surface area contributed by atoms with Gasteiger partial charge in [-0.25, -0.2) is 0 Å². The summed E-state index contributed by atoms with van der Waals surface area (Å²) in [6, 6.07) is 8.37. The van der Waals surface area contributed by atoms with Gasteiger partial charge in [0.25, 0.3) is 0 Å². The molecule has 0 heterocycles. The molecule has 3 atom stereocenters. The summed E-state index contributed by atoms with van der Waals surface area (Å²) in [5, 5.41) is 0.798. The van der Waals surface area contributed by atoms with Crippen LogP contribution in [0.1, 0.15) is 31.7 Å². The van der Waals surface area contributed by atoms with Crippen molar-refractivity contribution in [3.8, 4) is 0 Å². The molecule has 0 radical (unpaired) electrons. The third-order valence-corrected chi connectivity index (χ3v) is 4.11. The van der Waals surface area contributed by atoms with Crippen molar-refractivity contribution in [1.82, 2.24) is 0 Å². The van der Waals surface area contributed by atoms with Gasteiger partial charge in [0.05, 0.1) is 0 Å². The van der Waals surface area contributed by atoms with Crippen molar-refractivity contribution >= 4 is 11.6 Å². The lowest BCUT2D eigenvalue weighted by atomic mass is 9.87. The molecule has 1 aliphatic carbocycles. The van der Waals surface area contributed by atoms with E-state index < -0.39 is 0 Å². The van der Waals surface area contributed by atoms with E-state index in [4.69, 9.17) is 17.3 Å². The van der Waals surface area contributed by atoms with Gasteiger partial charge in [-0.15, -0.1) is 0 Å². The maximum Gasteiger partial charge on any atom is 0.0406 e. The van der Waals surface area contributed by atoms with E-state index in [1.165, 1.54) is 24.8 Å². The van der Waals surface area contributed by atoms with Crippen molar-refractivity contribution in [1.29, 1.82) is 0 Å². The highest BCUT2D eigenvalue weighted by Crippen LogP contribution is 2.33. The molecule has 88 valence electrons. The van der Waals surface area contributed by atoms with Crippen LogP contribution in [-0.2, 0) is 6.42 Å². The summed E-state index contributed by atoms with van der Waals surface area (Å²) < 4.78 is 0. The van der Waals surface area contributed by atoms with Gasteiger partial charge in [0.2, 0.25) is 0 Å². The zero-order valence-electron chi connectivity index (χ0n) is 9.83. The van der Waals surface area contributed by atoms with Crippen LogP contribution in [0.4, 0.5) is 0 Å². The number of benzene rings is 1. The predicted molar refractivity (Wildman–Crippen MR) is 69.6 cm³/mol. The molecule has 1 nitrogen and oxygen atoms in total. The zero-order valence-corrected chi connectivity index (χ0v) is 10.6. The monoisotopic (exact) mass is 237 g/mol. The molecule has 0 saturated heterocycles. The Hall–Kier alpha value is -0.530. The van der Waals surface area contributed by atoms with Crippen molar-refractivity contribution in [3.63, 3.8) is 0 Å². The largest absolute Gasteiger partial charge is 0.327 e. The van der Waals surface area contributed by atoms with E-state index in [0.29, 0.717) is 12.0 Å². The fourth-order valence-electron chi connectivity index (χ4n) is 2.85. The average Bonchev–Trinajstić information content (AvgIpc) is 2.68. The topological polar surface area (TPSA) is 26.0 Å². The Morgan fingerprint density at radius 2 is 2.00 bits per heavy atom. The van der Waals surface area contributed by atoms with Crippen molar-refractivity contribution < 1.29 is 0 Å². The fraction of sp³-hybridized carbons (Fsp3) is 0.571. The molecular formula is C14H20ClN. The minimum atomic E-state index is 0.304. The normalized spacial score (nSPS) is 26.9. The summed E-state index contributed by atoms with van der Waals surface area (Å²) in [5.74, 6) is 1.50. The van der Waals surface area contributed by atoms with Crippen LogP contribution in [0.15, 0.2) is 24.3 Å². The first kappa shape index (κ1) is 11.9. The molecule has 16 heavy (non-hydrogen) atoms. The van der Waals surface area contributed by atoms with Crippen LogP contribution in [0.2, 0.25) is 5.02 Å². The lowest BCUT2D eigenvalue weighted by Gasteiger charge is -2.23. The van der Waals surface area contributed by atoms with Gasteiger partial charge in [-0.3, -0.25) is 0 Å². The highest BCUT2D eigenvalue weighted by molar-refractivity contribution is 6.30. The Morgan fingerprint density at radius 1 is 1.31 bits per heavy atom. The SMILES string of the molecule is CC1CCCC1C(N)Cc1ccc(Cl)cc1. The van der Waals surface area contributed by atoms with Crippen LogP contribution in [0.5, 0.6) is 0 Å². The zero-order chi connectivity index (χ0) is 11.5. The van der Waals surface area contributed by atoms with Gasteiger partial charge in [-0.05, 0) is 42.4 Å². The molecule has 0 amide bonds. The second-order valence-electron chi connectivity index (χ2n) is 5.07. The van der Waals surface area contributed by atoms with Gasteiger partial charge in [-0.1, -0.05) is 43.5 Å². The quantitative estimate of drug-likeness (QED) is 0.854. The second-order valence-corrected chi connectivity index (χ2v) is 5.50. The van der Waals surface area contributed by atoms with Gasteiger partial charge in [-0.2, -0.15) is 0 Å². The van der Waals surface area contributed by atoms with E-state index >= 15 is 0 Å². The minimum Gasteiger partial charge on any atom is -0.327 e. The molecule has 1 aromatic carbocycles. The van der Waals surface area contributed by atoms with E-state index in [-0.39, 0.29) is 0 Å². The number of halogens is 1. The van der Waals surface area contributed by atoms with Gasteiger partial charge < -0.3 is 5.73 Å². The third-order valence-electron chi connectivity index (χ3n) is 3.86. The van der Waals surface area contributed by atoms with E-state index in [2.05, 4.69) is 19.1 Å². The summed E-state index contributed by atoms with van der Waals surface area (Å²) in [6.07, 6.45) is 4.97. The highest BCUT2D eigenvalue weighted by atomic mass is 35.5. The van der Waals surface area contributed by atoms with Gasteiger partial charge in [0.1, 0.15) is 0 Å². The number of hydrogen-bond acceptors (Lipinski definition) is 1. The van der Waals surface area contributed by atoms with Crippen LogP contribution in [0, 0.1) is 11.8 Å². The van der Waals surface area contributed by atoms with Crippen LogP contribution in [0.3, 0.4) is 0 Å². The van der Waals surface area contributed by atoms with Crippen molar-refractivity contribution in [3.05, 3.63) is 34.9 Å². The number of rotatable bonds is 3. The molecule has 0 spiro atoms. The Morgan fingerprint density at radius 3 is 2.56 bits per heavy atom. The molecule has 1 aromatic rings. The molecule has 0 aromatic heterocycles. The van der Waals surface area contributed by atoms with Crippen molar-refractivity contribution in [2.45, 2.75) is 38.6 Å². The smallest absolute Gasteiger partial charge is 0.0406 e. The first-order valence-corrected chi connectivity index (χ1v) is 6.54. The van der Waals surface area contributed by atoms with Gasteiger partial charge in [0.15, 0.2) is 0 Å². The van der Waals surface area contributed by atoms with Crippen LogP contribution in [0.25, 0.3) is 0 Å². The Balaban J connectivity index is 1.96. The molecule has 2 rings (SSSR count). The lowest BCUT2D eigenvalue weighted by molar-refractivity contribution is 0.343. The minimum absolute atomic E-state index is 0.304. The second kappa shape index (κ2) is 5.20. The summed E-state index contributed by atoms with van der Waals surface area (Å²) in [5.41, 5.74) is 7.61. The predicted octanol–water partition coefficient (Wildman–Crippen LogP) is 3.65. The van der Waals surface area contributed by atoms with Gasteiger partial charge >= 0.3 is 0 Å². The molecule has 1 saturated carbocycles. The van der Waals surface area contributed by atoms with Crippen molar-refractivity contribution in [2.24, 2.45) is 17.6 Å². The van der Waals surface area contributed by atoms with E-state index in [0.717, 1.165) is 17.4 Å². The van der Waals surface area contributed by atoms with Crippen LogP contribution >= 0.6 is 11.6 Å². The van der Waals surface area contributed by atoms with E-state index in [1.807, 2.05) is 12.1 Å². The molecule has 1 fully saturated rings. The Bertz CT molecular complexity index is 333. The number of hydrogen-bond donors (Lipinski definition) is 1. The highest BCUT2D eigenvalue weighted by Gasteiger charge is 2.28. The van der Waals surface area contributed by atoms with Crippen LogP contribution < -0.4 is 5.73 Å². The molecule has 0 bridgehead atoms. The molecule has 2 heteroatoms. The molecule has 1 aliphatic rings. The first-order valence-electron chi connectivity index (χ1n) is 6.17. The number of nitrogens with two attached hydrogens (primary N) is 1. The van der Waals surface area contributed by atoms with Crippen LogP contribution in [-0.4, -0.2) is 6.04 Å². The summed E-state index contributed by atoms with van der Waals surface area (Å²) in [4.78, 5) is 0. The lowest BCUT2D eigenvalue weighted by Crippen LogP contribution is -2.33. The molecule has 0 aliphatic heterocycles. The standard InChI is InChI=1S/C14H20ClN/c1-10-3-2-4-13(10)14(16)9-11-5-7-12(15)8-6-11/h5-8,10,13-14H,2-4,9,16H2,1H3. The first-order chi connectivity index (χ1) is 7.66. The summed E-state index contributed by atoms with van der Waals surface area (Å²) in [6.45, 7) is 2.33. The summed E-state index contributed by atoms with van der Waals surface area (Å²) in [7, 11) is 0. The van der Waals surface area contributed by atoms with E-state index in [9.17, 15) is 0 Å². The fourth-order valence-corrected chi connectivity index (χ4v) is 2.98. The molecule has 3 unspecified atom stereocenters. The Labute approximate surface area is 103 Å². The maximum absolute atomic E-state index is 6.31. The van der Waals surface area contributed by atoms with E-state index in [1.54, 1.807) is 0 Å². The van der Waals surface area contributed by atoms with Crippen molar-refractivity contribution in [2.75, 3.05) is 0 Å². The average molecular weight is 238 g/mol. The molecule has 2 N–H and O–H groups in total.